The van der Waals surface area contributed by atoms with Crippen LogP contribution in [-0.2, 0) is 0 Å². The van der Waals surface area contributed by atoms with E-state index in [0.717, 1.165) is 0 Å². The zero-order chi connectivity index (χ0) is 9.40. The van der Waals surface area contributed by atoms with E-state index in [9.17, 15) is 0 Å². The highest BCUT2D eigenvalue weighted by Gasteiger charge is 2.05. The smallest absolute Gasteiger partial charge is 0.143 e. The Kier molecular flexibility index (Phi) is 5.84. The Morgan fingerprint density at radius 3 is 2.92 bits per heavy atom. The van der Waals surface area contributed by atoms with Gasteiger partial charge in [0, 0.05) is 12.5 Å². The summed E-state index contributed by atoms with van der Waals surface area (Å²) in [6, 6.07) is 0. The van der Waals surface area contributed by atoms with Gasteiger partial charge in [0.05, 0.1) is 6.54 Å². The molecular weight excluding hydrogens is 154 g/mol. The predicted octanol–water partition coefficient (Wildman–Crippen LogP) is -0.0182. The Morgan fingerprint density at radius 2 is 2.42 bits per heavy atom. The molecule has 4 heteroatoms. The topological polar surface area (TPSA) is 70.6 Å². The number of oxime groups is 1. The molecule has 0 aromatic heterocycles. The van der Waals surface area contributed by atoms with Crippen molar-refractivity contribution in [3.05, 3.63) is 0 Å². The van der Waals surface area contributed by atoms with Crippen LogP contribution in [-0.4, -0.2) is 24.1 Å². The van der Waals surface area contributed by atoms with Gasteiger partial charge in [-0.05, 0) is 6.92 Å². The maximum absolute atomic E-state index is 8.32. The molecule has 4 N–H and O–H groups in total. The van der Waals surface area contributed by atoms with E-state index in [1.165, 1.54) is 0 Å². The van der Waals surface area contributed by atoms with Gasteiger partial charge in [-0.15, -0.1) is 5.92 Å². The van der Waals surface area contributed by atoms with Gasteiger partial charge < -0.3 is 16.3 Å². The third-order valence-electron chi connectivity index (χ3n) is 1.46. The Morgan fingerprint density at radius 1 is 1.75 bits per heavy atom. The molecule has 1 unspecified atom stereocenters. The number of nitrogens with two attached hydrogens (primary N) is 1. The Balaban J connectivity index is 3.55. The van der Waals surface area contributed by atoms with Gasteiger partial charge in [-0.1, -0.05) is 18.0 Å². The van der Waals surface area contributed by atoms with Crippen molar-refractivity contribution in [3.63, 3.8) is 0 Å². The first-order valence-corrected chi connectivity index (χ1v) is 3.80. The van der Waals surface area contributed by atoms with E-state index in [4.69, 9.17) is 10.9 Å². The molecule has 12 heavy (non-hydrogen) atoms. The van der Waals surface area contributed by atoms with Crippen molar-refractivity contribution >= 4 is 5.84 Å². The van der Waals surface area contributed by atoms with Crippen molar-refractivity contribution in [1.82, 2.24) is 5.32 Å². The summed E-state index contributed by atoms with van der Waals surface area (Å²) in [5, 5.41) is 14.3. The number of nitrogens with one attached hydrogen (secondary N) is 1. The van der Waals surface area contributed by atoms with Gasteiger partial charge in [0.1, 0.15) is 5.84 Å². The molecule has 68 valence electrons. The average Bonchev–Trinajstić information content (AvgIpc) is 2.10. The van der Waals surface area contributed by atoms with Crippen LogP contribution in [0.15, 0.2) is 5.16 Å². The van der Waals surface area contributed by atoms with E-state index in [2.05, 4.69) is 22.3 Å². The van der Waals surface area contributed by atoms with Crippen LogP contribution in [0.3, 0.4) is 0 Å². The standard InChI is InChI=1S/C8H15N3O/c1-3-4-5-10-6-7(2)8(9)11-12/h7,10,12H,5-6H2,1-2H3,(H2,9,11). The molecular formula is C8H15N3O. The summed E-state index contributed by atoms with van der Waals surface area (Å²) < 4.78 is 0. The van der Waals surface area contributed by atoms with Gasteiger partial charge in [0.15, 0.2) is 0 Å². The predicted molar refractivity (Wildman–Crippen MR) is 48.9 cm³/mol. The molecule has 0 aliphatic carbocycles. The lowest BCUT2D eigenvalue weighted by atomic mass is 10.1. The number of nitrogens with zero attached hydrogens (tertiary/aromatic N) is 1. The van der Waals surface area contributed by atoms with Gasteiger partial charge in [0.2, 0.25) is 0 Å². The fraction of sp³-hybridized carbons (Fsp3) is 0.625. The first-order valence-electron chi connectivity index (χ1n) is 3.80. The zero-order valence-electron chi connectivity index (χ0n) is 7.46. The minimum atomic E-state index is 0.0358. The molecule has 0 bridgehead atoms. The van der Waals surface area contributed by atoms with Crippen molar-refractivity contribution in [2.24, 2.45) is 16.8 Å². The van der Waals surface area contributed by atoms with Gasteiger partial charge in [-0.3, -0.25) is 0 Å². The maximum Gasteiger partial charge on any atom is 0.143 e. The van der Waals surface area contributed by atoms with E-state index >= 15 is 0 Å². The maximum atomic E-state index is 8.32. The Bertz CT molecular complexity index is 202. The van der Waals surface area contributed by atoms with Crippen molar-refractivity contribution in [2.45, 2.75) is 13.8 Å². The number of hydrogen-bond acceptors (Lipinski definition) is 3. The second-order valence-corrected chi connectivity index (χ2v) is 2.48. The molecule has 0 spiro atoms. The Hall–Kier alpha value is -1.21. The minimum Gasteiger partial charge on any atom is -0.409 e. The van der Waals surface area contributed by atoms with Gasteiger partial charge in [-0.25, -0.2) is 0 Å². The monoisotopic (exact) mass is 169 g/mol. The van der Waals surface area contributed by atoms with Crippen LogP contribution in [0.25, 0.3) is 0 Å². The van der Waals surface area contributed by atoms with Gasteiger partial charge >= 0.3 is 0 Å². The van der Waals surface area contributed by atoms with E-state index in [-0.39, 0.29) is 11.8 Å². The van der Waals surface area contributed by atoms with Crippen LogP contribution in [0.4, 0.5) is 0 Å². The lowest BCUT2D eigenvalue weighted by Crippen LogP contribution is -2.31. The molecule has 0 fully saturated rings. The highest BCUT2D eigenvalue weighted by Crippen LogP contribution is 1.90. The largest absolute Gasteiger partial charge is 0.409 e. The lowest BCUT2D eigenvalue weighted by molar-refractivity contribution is 0.314. The van der Waals surface area contributed by atoms with Crippen molar-refractivity contribution in [3.8, 4) is 11.8 Å². The van der Waals surface area contributed by atoms with Crippen molar-refractivity contribution < 1.29 is 5.21 Å². The summed E-state index contributed by atoms with van der Waals surface area (Å²) in [4.78, 5) is 0. The molecule has 0 aromatic carbocycles. The summed E-state index contributed by atoms with van der Waals surface area (Å²) in [6.07, 6.45) is 0. The van der Waals surface area contributed by atoms with Crippen molar-refractivity contribution in [2.75, 3.05) is 13.1 Å². The second-order valence-electron chi connectivity index (χ2n) is 2.48. The van der Waals surface area contributed by atoms with Crippen LogP contribution in [0.1, 0.15) is 13.8 Å². The Labute approximate surface area is 72.8 Å². The molecule has 0 aliphatic heterocycles. The van der Waals surface area contributed by atoms with Crippen LogP contribution in [0.2, 0.25) is 0 Å². The summed E-state index contributed by atoms with van der Waals surface area (Å²) in [7, 11) is 0. The molecule has 1 atom stereocenters. The number of rotatable bonds is 4. The molecule has 4 nitrogen and oxygen atoms in total. The van der Waals surface area contributed by atoms with E-state index in [0.29, 0.717) is 13.1 Å². The molecule has 0 heterocycles. The molecule has 0 aliphatic rings. The van der Waals surface area contributed by atoms with E-state index < -0.39 is 0 Å². The SMILES string of the molecule is CC#CCNCC(C)C(N)=NO. The fourth-order valence-electron chi connectivity index (χ4n) is 0.643. The van der Waals surface area contributed by atoms with Crippen LogP contribution in [0.5, 0.6) is 0 Å². The summed E-state index contributed by atoms with van der Waals surface area (Å²) in [6.45, 7) is 4.97. The summed E-state index contributed by atoms with van der Waals surface area (Å²) >= 11 is 0. The van der Waals surface area contributed by atoms with Crippen LogP contribution >= 0.6 is 0 Å². The average molecular weight is 169 g/mol. The summed E-state index contributed by atoms with van der Waals surface area (Å²) in [5.74, 6) is 5.90. The van der Waals surface area contributed by atoms with Crippen LogP contribution < -0.4 is 11.1 Å². The van der Waals surface area contributed by atoms with E-state index in [1.807, 2.05) is 6.92 Å². The van der Waals surface area contributed by atoms with Crippen LogP contribution in [0, 0.1) is 17.8 Å². The minimum absolute atomic E-state index is 0.0358. The highest BCUT2D eigenvalue weighted by molar-refractivity contribution is 5.82. The summed E-state index contributed by atoms with van der Waals surface area (Å²) in [5.41, 5.74) is 5.36. The van der Waals surface area contributed by atoms with Gasteiger partial charge in [-0.2, -0.15) is 0 Å². The molecule has 0 rings (SSSR count). The highest BCUT2D eigenvalue weighted by atomic mass is 16.4. The molecule has 0 aromatic rings. The number of amidine groups is 1. The van der Waals surface area contributed by atoms with E-state index in [1.54, 1.807) is 6.92 Å². The van der Waals surface area contributed by atoms with Crippen molar-refractivity contribution in [1.29, 1.82) is 0 Å². The third-order valence-corrected chi connectivity index (χ3v) is 1.46. The normalized spacial score (nSPS) is 13.3. The fourth-order valence-corrected chi connectivity index (χ4v) is 0.643. The lowest BCUT2D eigenvalue weighted by Gasteiger charge is -2.08. The third kappa shape index (κ3) is 4.58. The van der Waals surface area contributed by atoms with Gasteiger partial charge in [0.25, 0.3) is 0 Å². The molecule has 0 radical (unpaired) electrons. The molecule has 0 saturated carbocycles. The second kappa shape index (κ2) is 6.50. The quantitative estimate of drug-likeness (QED) is 0.138. The molecule has 0 saturated heterocycles. The first kappa shape index (κ1) is 10.8. The first-order chi connectivity index (χ1) is 5.72. The zero-order valence-corrected chi connectivity index (χ0v) is 7.46. The number of hydrogen-bond donors (Lipinski definition) is 3. The molecule has 0 amide bonds.